The first-order valence-corrected chi connectivity index (χ1v) is 8.03. The van der Waals surface area contributed by atoms with E-state index < -0.39 is 31.7 Å². The minimum Gasteiger partial charge on any atom is -0.462 e. The second kappa shape index (κ2) is 6.29. The van der Waals surface area contributed by atoms with Crippen LogP contribution in [0.3, 0.4) is 0 Å². The molecule has 0 spiro atoms. The van der Waals surface area contributed by atoms with Gasteiger partial charge in [0.25, 0.3) is 0 Å². The summed E-state index contributed by atoms with van der Waals surface area (Å²) < 4.78 is 41.0. The number of esters is 1. The van der Waals surface area contributed by atoms with Crippen LogP contribution in [0.15, 0.2) is 17.0 Å². The van der Waals surface area contributed by atoms with Crippen LogP contribution in [-0.2, 0) is 14.8 Å². The molecule has 0 aromatic heterocycles. The van der Waals surface area contributed by atoms with E-state index in [0.29, 0.717) is 12.5 Å². The van der Waals surface area contributed by atoms with E-state index in [-0.39, 0.29) is 17.6 Å². The lowest BCUT2D eigenvalue weighted by Crippen LogP contribution is -2.16. The molecule has 0 saturated heterocycles. The predicted molar refractivity (Wildman–Crippen MR) is 77.1 cm³/mol. The van der Waals surface area contributed by atoms with Crippen molar-refractivity contribution in [1.29, 1.82) is 0 Å². The molecule has 0 radical (unpaired) electrons. The summed E-state index contributed by atoms with van der Waals surface area (Å²) in [6.45, 7) is 6.01. The lowest BCUT2D eigenvalue weighted by atomic mass is 9.93. The van der Waals surface area contributed by atoms with Gasteiger partial charge in [0.15, 0.2) is 0 Å². The van der Waals surface area contributed by atoms with Crippen molar-refractivity contribution in [3.8, 4) is 0 Å². The number of carbonyl (C=O) groups is 1. The van der Waals surface area contributed by atoms with E-state index in [9.17, 15) is 17.6 Å². The molecule has 8 heteroatoms. The first kappa shape index (κ1) is 17.9. The van der Waals surface area contributed by atoms with Gasteiger partial charge in [-0.3, -0.25) is 0 Å². The Morgan fingerprint density at radius 2 is 1.95 bits per heavy atom. The molecule has 0 aliphatic heterocycles. The fraction of sp³-hybridized carbons (Fsp3) is 0.462. The van der Waals surface area contributed by atoms with Crippen molar-refractivity contribution in [3.05, 3.63) is 28.5 Å². The third kappa shape index (κ3) is 5.26. The lowest BCUT2D eigenvalue weighted by molar-refractivity contribution is 0.0464. The first-order valence-electron chi connectivity index (χ1n) is 6.11. The van der Waals surface area contributed by atoms with Crippen LogP contribution >= 0.6 is 11.6 Å². The normalized spacial score (nSPS) is 12.3. The Balaban J connectivity index is 3.02. The van der Waals surface area contributed by atoms with Gasteiger partial charge >= 0.3 is 5.97 Å². The monoisotopic (exact) mass is 337 g/mol. The number of ether oxygens (including phenoxy) is 1. The minimum atomic E-state index is -4.15. The second-order valence-corrected chi connectivity index (χ2v) is 7.70. The van der Waals surface area contributed by atoms with E-state index in [2.05, 4.69) is 0 Å². The number of nitrogens with two attached hydrogens (primary N) is 1. The number of halogens is 2. The third-order valence-electron chi connectivity index (χ3n) is 2.64. The van der Waals surface area contributed by atoms with Crippen molar-refractivity contribution in [1.82, 2.24) is 0 Å². The van der Waals surface area contributed by atoms with Crippen LogP contribution in [0.1, 0.15) is 37.6 Å². The van der Waals surface area contributed by atoms with Crippen LogP contribution in [0.2, 0.25) is 5.02 Å². The third-order valence-corrected chi connectivity index (χ3v) is 3.91. The molecule has 0 aliphatic carbocycles. The zero-order valence-electron chi connectivity index (χ0n) is 11.9. The highest BCUT2D eigenvalue weighted by Gasteiger charge is 2.21. The maximum absolute atomic E-state index is 13.6. The molecule has 0 bridgehead atoms. The Hall–Kier alpha value is -1.18. The Labute approximate surface area is 128 Å². The van der Waals surface area contributed by atoms with Gasteiger partial charge in [-0.15, -0.1) is 0 Å². The molecule has 0 saturated carbocycles. The molecular formula is C13H17ClFNO4S. The summed E-state index contributed by atoms with van der Waals surface area (Å²) in [6, 6.07) is 1.56. The van der Waals surface area contributed by atoms with Crippen LogP contribution in [0, 0.1) is 11.2 Å². The quantitative estimate of drug-likeness (QED) is 0.856. The van der Waals surface area contributed by atoms with Crippen molar-refractivity contribution in [2.75, 3.05) is 6.61 Å². The summed E-state index contributed by atoms with van der Waals surface area (Å²) in [5.41, 5.74) is -0.410. The number of primary sulfonamides is 1. The zero-order chi connectivity index (χ0) is 16.4. The number of sulfonamides is 1. The fourth-order valence-electron chi connectivity index (χ4n) is 1.40. The molecule has 1 aromatic rings. The molecular weight excluding hydrogens is 321 g/mol. The Kier molecular flexibility index (Phi) is 5.35. The molecule has 1 rings (SSSR count). The first-order chi connectivity index (χ1) is 9.42. The average Bonchev–Trinajstić information content (AvgIpc) is 2.29. The van der Waals surface area contributed by atoms with Crippen molar-refractivity contribution in [2.45, 2.75) is 32.1 Å². The van der Waals surface area contributed by atoms with E-state index in [4.69, 9.17) is 21.5 Å². The van der Waals surface area contributed by atoms with Gasteiger partial charge in [0.1, 0.15) is 5.82 Å². The van der Waals surface area contributed by atoms with Gasteiger partial charge in [-0.1, -0.05) is 32.4 Å². The lowest BCUT2D eigenvalue weighted by Gasteiger charge is -2.17. The predicted octanol–water partition coefficient (Wildman–Crippen LogP) is 2.72. The van der Waals surface area contributed by atoms with Gasteiger partial charge in [-0.2, -0.15) is 0 Å². The van der Waals surface area contributed by atoms with Gasteiger partial charge < -0.3 is 4.74 Å². The molecule has 0 fully saturated rings. The molecule has 21 heavy (non-hydrogen) atoms. The largest absolute Gasteiger partial charge is 0.462 e. The Morgan fingerprint density at radius 3 is 2.43 bits per heavy atom. The second-order valence-electron chi connectivity index (χ2n) is 5.76. The van der Waals surface area contributed by atoms with Gasteiger partial charge in [-0.25, -0.2) is 22.7 Å². The Bertz CT molecular complexity index is 653. The maximum Gasteiger partial charge on any atom is 0.339 e. The molecule has 2 N–H and O–H groups in total. The van der Waals surface area contributed by atoms with Crippen LogP contribution < -0.4 is 5.14 Å². The van der Waals surface area contributed by atoms with Crippen molar-refractivity contribution in [3.63, 3.8) is 0 Å². The van der Waals surface area contributed by atoms with E-state index in [1.54, 1.807) is 0 Å². The number of hydrogen-bond acceptors (Lipinski definition) is 4. The summed E-state index contributed by atoms with van der Waals surface area (Å²) in [5, 5.41) is 4.42. The van der Waals surface area contributed by atoms with Gasteiger partial charge in [0, 0.05) is 0 Å². The van der Waals surface area contributed by atoms with E-state index >= 15 is 0 Å². The summed E-state index contributed by atoms with van der Waals surface area (Å²) in [6.07, 6.45) is 0.591. The summed E-state index contributed by atoms with van der Waals surface area (Å²) in [4.78, 5) is 11.3. The SMILES string of the molecule is CC(C)(C)CCOC(=O)c1cc(S(N)(=O)=O)cc(F)c1Cl. The van der Waals surface area contributed by atoms with E-state index in [0.717, 1.165) is 6.07 Å². The molecule has 1 aromatic carbocycles. The van der Waals surface area contributed by atoms with E-state index in [1.807, 2.05) is 20.8 Å². The smallest absolute Gasteiger partial charge is 0.339 e. The van der Waals surface area contributed by atoms with Crippen LogP contribution in [0.25, 0.3) is 0 Å². The molecule has 0 amide bonds. The van der Waals surface area contributed by atoms with E-state index in [1.165, 1.54) is 0 Å². The molecule has 118 valence electrons. The summed E-state index contributed by atoms with van der Waals surface area (Å²) in [5.74, 6) is -1.94. The molecule has 0 unspecified atom stereocenters. The minimum absolute atomic E-state index is 0.0439. The highest BCUT2D eigenvalue weighted by Crippen LogP contribution is 2.25. The van der Waals surface area contributed by atoms with Crippen molar-refractivity contribution >= 4 is 27.6 Å². The molecule has 5 nitrogen and oxygen atoms in total. The van der Waals surface area contributed by atoms with Gasteiger partial charge in [0.05, 0.1) is 22.1 Å². The van der Waals surface area contributed by atoms with Crippen molar-refractivity contribution in [2.24, 2.45) is 10.6 Å². The van der Waals surface area contributed by atoms with Crippen molar-refractivity contribution < 1.29 is 22.3 Å². The zero-order valence-corrected chi connectivity index (χ0v) is 13.5. The summed E-state index contributed by atoms with van der Waals surface area (Å²) in [7, 11) is -4.15. The standard InChI is InChI=1S/C13H17ClFNO4S/c1-13(2,3)4-5-20-12(17)9-6-8(21(16,18)19)7-10(15)11(9)14/h6-7H,4-5H2,1-3H3,(H2,16,18,19). The maximum atomic E-state index is 13.6. The van der Waals surface area contributed by atoms with Crippen LogP contribution in [-0.4, -0.2) is 21.0 Å². The van der Waals surface area contributed by atoms with Crippen LogP contribution in [0.5, 0.6) is 0 Å². The number of carbonyl (C=O) groups excluding carboxylic acids is 1. The average molecular weight is 338 g/mol. The summed E-state index contributed by atoms with van der Waals surface area (Å²) >= 11 is 5.67. The number of hydrogen-bond donors (Lipinski definition) is 1. The Morgan fingerprint density at radius 1 is 1.38 bits per heavy atom. The molecule has 0 heterocycles. The number of rotatable bonds is 4. The highest BCUT2D eigenvalue weighted by molar-refractivity contribution is 7.89. The van der Waals surface area contributed by atoms with Crippen LogP contribution in [0.4, 0.5) is 4.39 Å². The fourth-order valence-corrected chi connectivity index (χ4v) is 2.14. The highest BCUT2D eigenvalue weighted by atomic mass is 35.5. The van der Waals surface area contributed by atoms with Gasteiger partial charge in [0.2, 0.25) is 10.0 Å². The van der Waals surface area contributed by atoms with Gasteiger partial charge in [-0.05, 0) is 24.0 Å². The topological polar surface area (TPSA) is 86.5 Å². The molecule has 0 atom stereocenters. The number of benzene rings is 1. The molecule has 0 aliphatic rings.